The van der Waals surface area contributed by atoms with Gasteiger partial charge in [0, 0.05) is 38.6 Å². The third-order valence-corrected chi connectivity index (χ3v) is 6.38. The summed E-state index contributed by atoms with van der Waals surface area (Å²) in [5.74, 6) is 0.216. The van der Waals surface area contributed by atoms with Gasteiger partial charge in [-0.25, -0.2) is 9.97 Å². The van der Waals surface area contributed by atoms with E-state index in [0.717, 1.165) is 22.3 Å². The summed E-state index contributed by atoms with van der Waals surface area (Å²) in [5, 5.41) is 0. The first-order valence-corrected chi connectivity index (χ1v) is 11.5. The molecule has 0 atom stereocenters. The molecule has 34 heavy (non-hydrogen) atoms. The largest absolute Gasteiger partial charge is 0.363 e. The molecule has 0 unspecified atom stereocenters. The molecule has 0 spiro atoms. The first kappa shape index (κ1) is 21.8. The Morgan fingerprint density at radius 2 is 1.29 bits per heavy atom. The highest BCUT2D eigenvalue weighted by Gasteiger charge is 2.42. The number of rotatable bonds is 5. The van der Waals surface area contributed by atoms with E-state index in [9.17, 15) is 9.59 Å². The van der Waals surface area contributed by atoms with Crippen LogP contribution < -0.4 is 4.90 Å². The molecule has 0 radical (unpaired) electrons. The van der Waals surface area contributed by atoms with Gasteiger partial charge < -0.3 is 9.80 Å². The molecule has 1 fully saturated rings. The van der Waals surface area contributed by atoms with Gasteiger partial charge in [0.05, 0.1) is 12.1 Å². The number of benzene rings is 2. The number of nitrogens with zero attached hydrogens (tertiary/aromatic N) is 5. The molecule has 2 amide bonds. The van der Waals surface area contributed by atoms with Gasteiger partial charge in [-0.1, -0.05) is 59.7 Å². The Hall–Kier alpha value is -4.00. The maximum absolute atomic E-state index is 13.7. The van der Waals surface area contributed by atoms with E-state index >= 15 is 0 Å². The molecule has 3 heterocycles. The predicted octanol–water partition coefficient (Wildman–Crippen LogP) is 3.20. The molecule has 172 valence electrons. The van der Waals surface area contributed by atoms with Gasteiger partial charge in [-0.3, -0.25) is 14.5 Å². The van der Waals surface area contributed by atoms with Gasteiger partial charge in [0.25, 0.3) is 11.8 Å². The lowest BCUT2D eigenvalue weighted by molar-refractivity contribution is -0.138. The molecule has 1 aromatic heterocycles. The van der Waals surface area contributed by atoms with Crippen LogP contribution in [-0.2, 0) is 16.1 Å². The van der Waals surface area contributed by atoms with Crippen LogP contribution in [0.1, 0.15) is 22.3 Å². The number of aryl methyl sites for hydroxylation is 2. The van der Waals surface area contributed by atoms with Crippen molar-refractivity contribution in [1.82, 2.24) is 19.8 Å². The van der Waals surface area contributed by atoms with E-state index in [1.807, 2.05) is 67.3 Å². The zero-order chi connectivity index (χ0) is 23.7. The highest BCUT2D eigenvalue weighted by molar-refractivity contribution is 6.35. The van der Waals surface area contributed by atoms with Gasteiger partial charge in [-0.05, 0) is 31.0 Å². The average molecular weight is 454 g/mol. The Morgan fingerprint density at radius 3 is 1.91 bits per heavy atom. The molecule has 1 saturated heterocycles. The summed E-state index contributed by atoms with van der Waals surface area (Å²) >= 11 is 0. The minimum Gasteiger partial charge on any atom is -0.363 e. The smallest absolute Gasteiger partial charge is 0.278 e. The van der Waals surface area contributed by atoms with Crippen LogP contribution in [0, 0.1) is 13.8 Å². The Balaban J connectivity index is 1.45. The summed E-state index contributed by atoms with van der Waals surface area (Å²) in [7, 11) is 0. The minimum atomic E-state index is -0.238. The summed E-state index contributed by atoms with van der Waals surface area (Å²) in [6.07, 6.45) is 3.46. The van der Waals surface area contributed by atoms with E-state index in [1.165, 1.54) is 4.90 Å². The number of carbonyl (C=O) groups is 2. The van der Waals surface area contributed by atoms with Gasteiger partial charge in [0.1, 0.15) is 5.70 Å². The van der Waals surface area contributed by atoms with Crippen LogP contribution in [0.2, 0.25) is 0 Å². The zero-order valence-corrected chi connectivity index (χ0v) is 19.4. The second-order valence-corrected chi connectivity index (χ2v) is 8.79. The van der Waals surface area contributed by atoms with Crippen LogP contribution in [0.5, 0.6) is 0 Å². The molecule has 7 nitrogen and oxygen atoms in total. The first-order chi connectivity index (χ1) is 16.5. The van der Waals surface area contributed by atoms with E-state index in [1.54, 1.807) is 18.5 Å². The van der Waals surface area contributed by atoms with Gasteiger partial charge in [-0.2, -0.15) is 0 Å². The van der Waals surface area contributed by atoms with Crippen molar-refractivity contribution in [3.63, 3.8) is 0 Å². The highest BCUT2D eigenvalue weighted by Crippen LogP contribution is 2.33. The fraction of sp³-hybridized carbons (Fsp3) is 0.259. The molecule has 0 N–H and O–H groups in total. The molecule has 0 saturated carbocycles. The van der Waals surface area contributed by atoms with Crippen molar-refractivity contribution in [2.24, 2.45) is 0 Å². The van der Waals surface area contributed by atoms with Gasteiger partial charge >= 0.3 is 0 Å². The number of anilines is 1. The normalized spacial score (nSPS) is 16.6. The van der Waals surface area contributed by atoms with E-state index < -0.39 is 0 Å². The monoisotopic (exact) mass is 453 g/mol. The lowest BCUT2D eigenvalue weighted by Gasteiger charge is -2.36. The topological polar surface area (TPSA) is 69.6 Å². The second-order valence-electron chi connectivity index (χ2n) is 8.79. The van der Waals surface area contributed by atoms with E-state index in [4.69, 9.17) is 0 Å². The van der Waals surface area contributed by atoms with Crippen molar-refractivity contribution in [3.8, 4) is 0 Å². The first-order valence-electron chi connectivity index (χ1n) is 11.5. The number of amides is 2. The van der Waals surface area contributed by atoms with Crippen LogP contribution in [0.4, 0.5) is 5.95 Å². The number of carbonyl (C=O) groups excluding carboxylic acids is 2. The number of imide groups is 1. The lowest BCUT2D eigenvalue weighted by atomic mass is 10.0. The number of hydrogen-bond acceptors (Lipinski definition) is 6. The van der Waals surface area contributed by atoms with Crippen LogP contribution in [-0.4, -0.2) is 57.8 Å². The molecule has 0 aliphatic carbocycles. The van der Waals surface area contributed by atoms with Crippen molar-refractivity contribution >= 4 is 23.3 Å². The van der Waals surface area contributed by atoms with Crippen molar-refractivity contribution in [3.05, 3.63) is 94.9 Å². The molecule has 2 aromatic carbocycles. The van der Waals surface area contributed by atoms with Crippen molar-refractivity contribution in [1.29, 1.82) is 0 Å². The van der Waals surface area contributed by atoms with Crippen molar-refractivity contribution in [2.45, 2.75) is 20.4 Å². The Bertz CT molecular complexity index is 1230. The fourth-order valence-electron chi connectivity index (χ4n) is 4.44. The summed E-state index contributed by atoms with van der Waals surface area (Å²) in [6.45, 7) is 6.86. The summed E-state index contributed by atoms with van der Waals surface area (Å²) in [5.41, 5.74) is 4.94. The zero-order valence-electron chi connectivity index (χ0n) is 19.4. The van der Waals surface area contributed by atoms with Gasteiger partial charge in [0.2, 0.25) is 5.95 Å². The minimum absolute atomic E-state index is 0.231. The molecule has 0 bridgehead atoms. The van der Waals surface area contributed by atoms with E-state index in [2.05, 4.69) is 14.9 Å². The summed E-state index contributed by atoms with van der Waals surface area (Å²) in [6, 6.07) is 17.6. The van der Waals surface area contributed by atoms with Crippen LogP contribution >= 0.6 is 0 Å². The maximum Gasteiger partial charge on any atom is 0.278 e. The molecule has 3 aromatic rings. The average Bonchev–Trinajstić information content (AvgIpc) is 3.11. The van der Waals surface area contributed by atoms with Gasteiger partial charge in [-0.15, -0.1) is 0 Å². The van der Waals surface area contributed by atoms with E-state index in [0.29, 0.717) is 43.4 Å². The molecular formula is C27H27N5O2. The molecule has 5 rings (SSSR count). The van der Waals surface area contributed by atoms with Gasteiger partial charge in [0.15, 0.2) is 0 Å². The van der Waals surface area contributed by atoms with Crippen molar-refractivity contribution in [2.75, 3.05) is 31.1 Å². The SMILES string of the molecule is Cc1ccc(CN2C(=O)C(c3ccc(C)cc3)=C(N3CCN(c4ncccn4)CC3)C2=O)cc1. The Morgan fingerprint density at radius 1 is 0.735 bits per heavy atom. The third kappa shape index (κ3) is 4.17. The maximum atomic E-state index is 13.7. The van der Waals surface area contributed by atoms with Crippen molar-refractivity contribution < 1.29 is 9.59 Å². The third-order valence-electron chi connectivity index (χ3n) is 6.38. The predicted molar refractivity (Wildman–Crippen MR) is 131 cm³/mol. The van der Waals surface area contributed by atoms with E-state index in [-0.39, 0.29) is 18.4 Å². The molecular weight excluding hydrogens is 426 g/mol. The van der Waals surface area contributed by atoms with Crippen LogP contribution in [0.3, 0.4) is 0 Å². The standard InChI is InChI=1S/C27H27N5O2/c1-19-4-8-21(9-5-19)18-32-25(33)23(22-10-6-20(2)7-11-22)24(26(32)34)30-14-16-31(17-15-30)27-28-12-3-13-29-27/h3-13H,14-18H2,1-2H3. The molecule has 7 heteroatoms. The Labute approximate surface area is 199 Å². The fourth-order valence-corrected chi connectivity index (χ4v) is 4.44. The summed E-state index contributed by atoms with van der Waals surface area (Å²) in [4.78, 5) is 41.5. The quantitative estimate of drug-likeness (QED) is 0.553. The number of hydrogen-bond donors (Lipinski definition) is 0. The second kappa shape index (κ2) is 9.09. The Kier molecular flexibility index (Phi) is 5.84. The van der Waals surface area contributed by atoms with Crippen LogP contribution in [0.25, 0.3) is 5.57 Å². The van der Waals surface area contributed by atoms with Crippen LogP contribution in [0.15, 0.2) is 72.7 Å². The number of aromatic nitrogens is 2. The molecule has 2 aliphatic heterocycles. The lowest BCUT2D eigenvalue weighted by Crippen LogP contribution is -2.48. The highest BCUT2D eigenvalue weighted by atomic mass is 16.2. The number of piperazine rings is 1. The summed E-state index contributed by atoms with van der Waals surface area (Å²) < 4.78 is 0. The molecule has 2 aliphatic rings.